The number of halogens is 1. The molecule has 0 unspecified atom stereocenters. The minimum Gasteiger partial charge on any atom is -0.512 e. The Balaban J connectivity index is -0.00000000758. The maximum absolute atomic E-state index is 6.25. The molecule has 0 N–H and O–H groups in total. The van der Waals surface area contributed by atoms with E-state index in [0.717, 1.165) is 0 Å². The van der Waals surface area contributed by atoms with Crippen molar-refractivity contribution < 1.29 is 19.5 Å². The van der Waals surface area contributed by atoms with Gasteiger partial charge in [-0.3, -0.25) is 0 Å². The monoisotopic (exact) mass is 313 g/mol. The third kappa shape index (κ3) is 497. The van der Waals surface area contributed by atoms with Crippen molar-refractivity contribution in [1.82, 2.24) is 0 Å². The van der Waals surface area contributed by atoms with Crippen molar-refractivity contribution in [2.24, 2.45) is 0 Å². The van der Waals surface area contributed by atoms with E-state index in [2.05, 4.69) is 20.8 Å². The van der Waals surface area contributed by atoms with E-state index < -0.39 is 0 Å². The van der Waals surface area contributed by atoms with Crippen LogP contribution in [0.4, 0.5) is 0 Å². The van der Waals surface area contributed by atoms with Crippen LogP contribution in [-0.2, 0) is 19.5 Å². The molecule has 0 aliphatic heterocycles. The fourth-order valence-electron chi connectivity index (χ4n) is 0. The molecule has 96 valence electrons. The van der Waals surface area contributed by atoms with E-state index in [-0.39, 0.29) is 31.9 Å². The Kier molecular flexibility index (Phi) is 16200. The van der Waals surface area contributed by atoms with Crippen molar-refractivity contribution >= 4 is 12.4 Å². The van der Waals surface area contributed by atoms with Gasteiger partial charge in [-0.2, -0.15) is 20.8 Å². The molecular weight excluding hydrogens is 305 g/mol. The Bertz CT molecular complexity index is 131. The van der Waals surface area contributed by atoms with Gasteiger partial charge in [-0.25, -0.2) is 0 Å². The first-order valence-electron chi connectivity index (χ1n) is 2.84. The van der Waals surface area contributed by atoms with Crippen LogP contribution in [0, 0.1) is 76.9 Å². The minimum atomic E-state index is 0. The van der Waals surface area contributed by atoms with Crippen LogP contribution in [0.3, 0.4) is 0 Å². The second-order valence-corrected chi connectivity index (χ2v) is 1.50. The largest absolute Gasteiger partial charge is 0.512 e. The maximum Gasteiger partial charge on any atom is 0 e. The van der Waals surface area contributed by atoms with Gasteiger partial charge in [0.05, 0.1) is 0 Å². The smallest absolute Gasteiger partial charge is 0 e. The molecule has 0 atom stereocenters. The standard InChI is InChI=1S/C4H9.6CN.ClH.Zn/c1-4(2)3;6*1-2;;/h1-3H3;;;;;;;1H;/q7*-1;;. The number of hydrogen-bond donors (Lipinski definition) is 0. The Morgan fingerprint density at radius 1 is 0.500 bits per heavy atom. The van der Waals surface area contributed by atoms with E-state index in [1.165, 1.54) is 5.92 Å². The fourth-order valence-corrected chi connectivity index (χ4v) is 0. The van der Waals surface area contributed by atoms with Crippen molar-refractivity contribution in [2.75, 3.05) is 0 Å². The summed E-state index contributed by atoms with van der Waals surface area (Å²) < 4.78 is 0. The Labute approximate surface area is 129 Å². The summed E-state index contributed by atoms with van der Waals surface area (Å²) in [7, 11) is 0. The van der Waals surface area contributed by atoms with Crippen LogP contribution in [-0.4, -0.2) is 0 Å². The molecule has 0 aromatic rings. The molecule has 0 radical (unpaired) electrons. The molecular formula is C10H10ClN6Zn-7. The normalized spacial score (nSPS) is 2.67. The third-order valence-electron chi connectivity index (χ3n) is 0. The van der Waals surface area contributed by atoms with Gasteiger partial charge in [-0.05, 0) is 0 Å². The number of nitrogens with zero attached hydrogens (tertiary/aromatic N) is 6. The molecule has 0 bridgehead atoms. The van der Waals surface area contributed by atoms with Gasteiger partial charge in [0, 0.05) is 19.5 Å². The molecule has 0 aliphatic carbocycles. The van der Waals surface area contributed by atoms with E-state index in [1.54, 1.807) is 0 Å². The summed E-state index contributed by atoms with van der Waals surface area (Å²) in [5.41, 5.74) is 0. The molecule has 0 saturated carbocycles. The summed E-state index contributed by atoms with van der Waals surface area (Å²) >= 11 is 0. The molecule has 0 aliphatic rings. The Morgan fingerprint density at radius 3 is 0.500 bits per heavy atom. The van der Waals surface area contributed by atoms with Crippen molar-refractivity contribution in [3.8, 4) is 0 Å². The van der Waals surface area contributed by atoms with E-state index >= 15 is 0 Å². The summed E-state index contributed by atoms with van der Waals surface area (Å²) in [4.78, 5) is 0. The first kappa shape index (κ1) is 74.5. The molecule has 0 spiro atoms. The molecule has 0 aromatic carbocycles. The summed E-state index contributed by atoms with van der Waals surface area (Å²) in [6.45, 7) is 34.8. The maximum atomic E-state index is 6.25. The zero-order valence-electron chi connectivity index (χ0n) is 10.3. The van der Waals surface area contributed by atoms with Gasteiger partial charge < -0.3 is 76.9 Å². The van der Waals surface area contributed by atoms with Crippen LogP contribution >= 0.6 is 12.4 Å². The molecule has 0 heterocycles. The van der Waals surface area contributed by atoms with Crippen molar-refractivity contribution in [3.63, 3.8) is 0 Å². The quantitative estimate of drug-likeness (QED) is 0.496. The average molecular weight is 315 g/mol. The van der Waals surface area contributed by atoms with Crippen LogP contribution in [0.25, 0.3) is 0 Å². The Morgan fingerprint density at radius 2 is 0.500 bits per heavy atom. The van der Waals surface area contributed by atoms with Crippen molar-refractivity contribution in [3.05, 3.63) is 45.4 Å². The number of hydrogen-bond acceptors (Lipinski definition) is 6. The third-order valence-corrected chi connectivity index (χ3v) is 0. The zero-order valence-corrected chi connectivity index (χ0v) is 14.1. The van der Waals surface area contributed by atoms with Gasteiger partial charge in [0.25, 0.3) is 0 Å². The van der Waals surface area contributed by atoms with Crippen LogP contribution in [0.2, 0.25) is 0 Å². The predicted octanol–water partition coefficient (Wildman–Crippen LogP) is 2.62. The summed E-state index contributed by atoms with van der Waals surface area (Å²) in [6.07, 6.45) is 0. The predicted molar refractivity (Wildman–Crippen MR) is 57.3 cm³/mol. The van der Waals surface area contributed by atoms with Crippen LogP contribution in [0.1, 0.15) is 20.8 Å². The topological polar surface area (TPSA) is 143 Å². The molecule has 0 aromatic heterocycles. The molecule has 0 fully saturated rings. The second kappa shape index (κ2) is 3910. The van der Waals surface area contributed by atoms with Gasteiger partial charge in [-0.1, -0.05) is 0 Å². The van der Waals surface area contributed by atoms with Crippen LogP contribution in [0.15, 0.2) is 0 Å². The van der Waals surface area contributed by atoms with Crippen LogP contribution < -0.4 is 0 Å². The first-order chi connectivity index (χ1) is 7.73. The minimum absolute atomic E-state index is 0. The molecule has 18 heavy (non-hydrogen) atoms. The fraction of sp³-hybridized carbons (Fsp3) is 0.300. The molecule has 6 nitrogen and oxygen atoms in total. The number of rotatable bonds is 0. The van der Waals surface area contributed by atoms with Gasteiger partial charge in [0.15, 0.2) is 0 Å². The molecule has 8 heteroatoms. The Hall–Kier alpha value is -2.15. The van der Waals surface area contributed by atoms with E-state index in [0.29, 0.717) is 0 Å². The van der Waals surface area contributed by atoms with Crippen LogP contribution in [0.5, 0.6) is 0 Å². The van der Waals surface area contributed by atoms with Gasteiger partial charge in [0.2, 0.25) is 0 Å². The van der Waals surface area contributed by atoms with Crippen molar-refractivity contribution in [1.29, 1.82) is 31.6 Å². The van der Waals surface area contributed by atoms with Gasteiger partial charge >= 0.3 is 0 Å². The van der Waals surface area contributed by atoms with E-state index in [4.69, 9.17) is 71.0 Å². The summed E-state index contributed by atoms with van der Waals surface area (Å²) in [5, 5.41) is 37.5. The van der Waals surface area contributed by atoms with Gasteiger partial charge in [0.1, 0.15) is 0 Å². The molecule has 0 rings (SSSR count). The second-order valence-electron chi connectivity index (χ2n) is 1.50. The SMILES string of the molecule is C[C-](C)C.Cl.[C-]#N.[C-]#N.[C-]#N.[C-]#N.[C-]#N.[C-]#N.[Zn]. The average Bonchev–Trinajstić information content (AvgIpc) is 2.42. The van der Waals surface area contributed by atoms with E-state index in [1.807, 2.05) is 0 Å². The summed E-state index contributed by atoms with van der Waals surface area (Å²) in [5.74, 6) is 1.42. The summed E-state index contributed by atoms with van der Waals surface area (Å²) in [6, 6.07) is 0. The van der Waals surface area contributed by atoms with Gasteiger partial charge in [-0.15, -0.1) is 12.4 Å². The molecule has 0 saturated heterocycles. The first-order valence-corrected chi connectivity index (χ1v) is 2.84. The van der Waals surface area contributed by atoms with Crippen molar-refractivity contribution in [2.45, 2.75) is 20.8 Å². The van der Waals surface area contributed by atoms with E-state index in [9.17, 15) is 0 Å². The molecule has 0 amide bonds. The zero-order chi connectivity index (χ0) is 15.6.